The molecular formula is C13H22O. The van der Waals surface area contributed by atoms with E-state index in [1.165, 1.54) is 18.4 Å². The van der Waals surface area contributed by atoms with Crippen LogP contribution in [-0.4, -0.2) is 6.29 Å². The molecule has 1 nitrogen and oxygen atoms in total. The van der Waals surface area contributed by atoms with E-state index in [1.54, 1.807) is 0 Å². The van der Waals surface area contributed by atoms with Crippen LogP contribution in [0.2, 0.25) is 0 Å². The summed E-state index contributed by atoms with van der Waals surface area (Å²) in [6.45, 7) is 8.87. The van der Waals surface area contributed by atoms with E-state index in [4.69, 9.17) is 0 Å². The molecule has 0 spiro atoms. The van der Waals surface area contributed by atoms with Crippen LogP contribution in [0.5, 0.6) is 0 Å². The molecule has 0 aromatic carbocycles. The third kappa shape index (κ3) is 2.97. The summed E-state index contributed by atoms with van der Waals surface area (Å²) in [5, 5.41) is 0. The van der Waals surface area contributed by atoms with Gasteiger partial charge in [-0.25, -0.2) is 0 Å². The molecule has 1 heteroatoms. The van der Waals surface area contributed by atoms with Crippen LogP contribution in [0.4, 0.5) is 0 Å². The van der Waals surface area contributed by atoms with Crippen molar-refractivity contribution in [2.24, 2.45) is 17.3 Å². The van der Waals surface area contributed by atoms with E-state index in [9.17, 15) is 4.79 Å². The first-order valence-corrected chi connectivity index (χ1v) is 5.58. The summed E-state index contributed by atoms with van der Waals surface area (Å²) in [7, 11) is 0. The molecule has 0 heterocycles. The number of carbonyl (C=O) groups is 1. The zero-order valence-electron chi connectivity index (χ0n) is 9.84. The van der Waals surface area contributed by atoms with Gasteiger partial charge < -0.3 is 4.79 Å². The highest BCUT2D eigenvalue weighted by molar-refractivity contribution is 5.53. The molecular weight excluding hydrogens is 172 g/mol. The lowest BCUT2D eigenvalue weighted by Crippen LogP contribution is -2.15. The maximum Gasteiger partial charge on any atom is 0.123 e. The molecule has 0 aromatic rings. The minimum Gasteiger partial charge on any atom is -0.303 e. The summed E-state index contributed by atoms with van der Waals surface area (Å²) in [5.41, 5.74) is 1.87. The Kier molecular flexibility index (Phi) is 3.52. The molecule has 0 amide bonds. The molecule has 0 saturated carbocycles. The van der Waals surface area contributed by atoms with Gasteiger partial charge in [-0.2, -0.15) is 0 Å². The Labute approximate surface area is 87.6 Å². The SMILES string of the molecule is CC(C=O)CC1=CC(C(C)(C)C)CC1. The van der Waals surface area contributed by atoms with E-state index >= 15 is 0 Å². The molecule has 0 fully saturated rings. The van der Waals surface area contributed by atoms with E-state index in [2.05, 4.69) is 26.8 Å². The average Bonchev–Trinajstić information content (AvgIpc) is 2.51. The Morgan fingerprint density at radius 1 is 1.57 bits per heavy atom. The van der Waals surface area contributed by atoms with Gasteiger partial charge in [-0.15, -0.1) is 0 Å². The molecule has 0 saturated heterocycles. The molecule has 0 bridgehead atoms. The van der Waals surface area contributed by atoms with Gasteiger partial charge in [-0.3, -0.25) is 0 Å². The van der Waals surface area contributed by atoms with Gasteiger partial charge in [0.05, 0.1) is 0 Å². The summed E-state index contributed by atoms with van der Waals surface area (Å²) in [6, 6.07) is 0. The quantitative estimate of drug-likeness (QED) is 0.495. The zero-order chi connectivity index (χ0) is 10.8. The Bertz CT molecular complexity index is 232. The second-order valence-corrected chi connectivity index (χ2v) is 5.65. The lowest BCUT2D eigenvalue weighted by Gasteiger charge is -2.24. The van der Waals surface area contributed by atoms with Crippen LogP contribution in [-0.2, 0) is 4.79 Å². The molecule has 1 aliphatic rings. The average molecular weight is 194 g/mol. The highest BCUT2D eigenvalue weighted by Gasteiger charge is 2.27. The number of allylic oxidation sites excluding steroid dienone is 2. The summed E-state index contributed by atoms with van der Waals surface area (Å²) in [5.74, 6) is 0.899. The van der Waals surface area contributed by atoms with Crippen molar-refractivity contribution in [3.8, 4) is 0 Å². The van der Waals surface area contributed by atoms with Crippen molar-refractivity contribution in [1.82, 2.24) is 0 Å². The number of hydrogen-bond acceptors (Lipinski definition) is 1. The number of hydrogen-bond donors (Lipinski definition) is 0. The normalized spacial score (nSPS) is 24.6. The second-order valence-electron chi connectivity index (χ2n) is 5.65. The van der Waals surface area contributed by atoms with Crippen LogP contribution in [0.1, 0.15) is 47.0 Å². The third-order valence-electron chi connectivity index (χ3n) is 3.14. The molecule has 0 aromatic heterocycles. The van der Waals surface area contributed by atoms with Crippen LogP contribution >= 0.6 is 0 Å². The molecule has 80 valence electrons. The molecule has 0 aliphatic heterocycles. The van der Waals surface area contributed by atoms with E-state index in [-0.39, 0.29) is 5.92 Å². The first-order valence-electron chi connectivity index (χ1n) is 5.58. The van der Waals surface area contributed by atoms with Crippen LogP contribution < -0.4 is 0 Å². The molecule has 0 radical (unpaired) electrons. The number of carbonyl (C=O) groups excluding carboxylic acids is 1. The van der Waals surface area contributed by atoms with Crippen molar-refractivity contribution in [1.29, 1.82) is 0 Å². The maximum absolute atomic E-state index is 10.5. The summed E-state index contributed by atoms with van der Waals surface area (Å²) >= 11 is 0. The van der Waals surface area contributed by atoms with E-state index in [0.29, 0.717) is 11.3 Å². The van der Waals surface area contributed by atoms with Gasteiger partial charge in [0.1, 0.15) is 6.29 Å². The van der Waals surface area contributed by atoms with Crippen molar-refractivity contribution < 1.29 is 4.79 Å². The van der Waals surface area contributed by atoms with Crippen LogP contribution in [0, 0.1) is 17.3 Å². The molecule has 0 N–H and O–H groups in total. The molecule has 1 aliphatic carbocycles. The Hall–Kier alpha value is -0.590. The lowest BCUT2D eigenvalue weighted by molar-refractivity contribution is -0.110. The van der Waals surface area contributed by atoms with Crippen molar-refractivity contribution in [3.05, 3.63) is 11.6 Å². The van der Waals surface area contributed by atoms with Gasteiger partial charge in [0, 0.05) is 5.92 Å². The van der Waals surface area contributed by atoms with E-state index in [1.807, 2.05) is 6.92 Å². The number of aldehydes is 1. The lowest BCUT2D eigenvalue weighted by atomic mass is 9.80. The largest absolute Gasteiger partial charge is 0.303 e. The molecule has 14 heavy (non-hydrogen) atoms. The minimum absolute atomic E-state index is 0.194. The first kappa shape index (κ1) is 11.5. The standard InChI is InChI=1S/C13H22O/c1-10(9-14)7-11-5-6-12(8-11)13(2,3)4/h8-10,12H,5-7H2,1-4H3. The molecule has 2 unspecified atom stereocenters. The fourth-order valence-electron chi connectivity index (χ4n) is 2.11. The first-order chi connectivity index (χ1) is 6.43. The highest BCUT2D eigenvalue weighted by Crippen LogP contribution is 2.39. The van der Waals surface area contributed by atoms with Crippen molar-refractivity contribution >= 4 is 6.29 Å². The fraction of sp³-hybridized carbons (Fsp3) is 0.769. The summed E-state index contributed by atoms with van der Waals surface area (Å²) in [6.07, 6.45) is 6.89. The van der Waals surface area contributed by atoms with Crippen LogP contribution in [0.3, 0.4) is 0 Å². The Balaban J connectivity index is 2.54. The van der Waals surface area contributed by atoms with Gasteiger partial charge in [0.25, 0.3) is 0 Å². The van der Waals surface area contributed by atoms with E-state index < -0.39 is 0 Å². The van der Waals surface area contributed by atoms with Gasteiger partial charge in [0.2, 0.25) is 0 Å². The van der Waals surface area contributed by atoms with Gasteiger partial charge in [-0.1, -0.05) is 39.3 Å². The van der Waals surface area contributed by atoms with Gasteiger partial charge in [0.15, 0.2) is 0 Å². The van der Waals surface area contributed by atoms with Crippen molar-refractivity contribution in [2.45, 2.75) is 47.0 Å². The van der Waals surface area contributed by atoms with Gasteiger partial charge in [-0.05, 0) is 30.6 Å². The highest BCUT2D eigenvalue weighted by atomic mass is 16.1. The van der Waals surface area contributed by atoms with Crippen molar-refractivity contribution in [3.63, 3.8) is 0 Å². The molecule has 2 atom stereocenters. The summed E-state index contributed by atoms with van der Waals surface area (Å²) in [4.78, 5) is 10.5. The predicted octanol–water partition coefficient (Wildman–Crippen LogP) is 3.59. The Morgan fingerprint density at radius 2 is 2.21 bits per heavy atom. The maximum atomic E-state index is 10.5. The van der Waals surface area contributed by atoms with Crippen LogP contribution in [0.15, 0.2) is 11.6 Å². The number of rotatable bonds is 3. The van der Waals surface area contributed by atoms with Gasteiger partial charge >= 0.3 is 0 Å². The minimum atomic E-state index is 0.194. The van der Waals surface area contributed by atoms with Crippen LogP contribution in [0.25, 0.3) is 0 Å². The Morgan fingerprint density at radius 3 is 2.64 bits per heavy atom. The van der Waals surface area contributed by atoms with E-state index in [0.717, 1.165) is 12.7 Å². The monoisotopic (exact) mass is 194 g/mol. The summed E-state index contributed by atoms with van der Waals surface area (Å²) < 4.78 is 0. The molecule has 1 rings (SSSR count). The zero-order valence-corrected chi connectivity index (χ0v) is 9.84. The van der Waals surface area contributed by atoms with Crippen molar-refractivity contribution in [2.75, 3.05) is 0 Å². The predicted molar refractivity (Wildman–Crippen MR) is 60.1 cm³/mol. The third-order valence-corrected chi connectivity index (χ3v) is 3.14. The fourth-order valence-corrected chi connectivity index (χ4v) is 2.11. The topological polar surface area (TPSA) is 17.1 Å². The smallest absolute Gasteiger partial charge is 0.123 e. The second kappa shape index (κ2) is 4.29.